The predicted octanol–water partition coefficient (Wildman–Crippen LogP) is -0.259. The smallest absolute Gasteiger partial charge is 0.222 e. The van der Waals surface area contributed by atoms with Crippen LogP contribution in [0.3, 0.4) is 0 Å². The van der Waals surface area contributed by atoms with Gasteiger partial charge < -0.3 is 15.1 Å². The molecule has 0 radical (unpaired) electrons. The molecule has 4 heteroatoms. The zero-order valence-electron chi connectivity index (χ0n) is 7.94. The fourth-order valence-electron chi connectivity index (χ4n) is 1.52. The molecule has 2 atom stereocenters. The first-order chi connectivity index (χ1) is 6.15. The molecule has 13 heavy (non-hydrogen) atoms. The first kappa shape index (κ1) is 10.5. The number of piperidine rings is 1. The maximum atomic E-state index is 11.4. The van der Waals surface area contributed by atoms with Gasteiger partial charge in [-0.05, 0) is 12.8 Å². The van der Waals surface area contributed by atoms with Crippen LogP contribution in [0.2, 0.25) is 0 Å². The molecule has 1 aliphatic rings. The van der Waals surface area contributed by atoms with Crippen LogP contribution in [0.4, 0.5) is 0 Å². The van der Waals surface area contributed by atoms with Crippen LogP contribution in [-0.4, -0.2) is 46.3 Å². The highest BCUT2D eigenvalue weighted by Crippen LogP contribution is 2.12. The van der Waals surface area contributed by atoms with Gasteiger partial charge in [-0.2, -0.15) is 0 Å². The van der Waals surface area contributed by atoms with Gasteiger partial charge in [0.05, 0.1) is 12.2 Å². The van der Waals surface area contributed by atoms with Crippen molar-refractivity contribution in [3.8, 4) is 0 Å². The van der Waals surface area contributed by atoms with Gasteiger partial charge in [-0.3, -0.25) is 4.79 Å². The van der Waals surface area contributed by atoms with Crippen LogP contribution in [0.15, 0.2) is 0 Å². The van der Waals surface area contributed by atoms with E-state index in [1.54, 1.807) is 4.90 Å². The molecule has 0 spiro atoms. The Kier molecular flexibility index (Phi) is 3.69. The van der Waals surface area contributed by atoms with Crippen molar-refractivity contribution in [1.82, 2.24) is 4.90 Å². The molecule has 1 heterocycles. The number of nitrogens with zero attached hydrogens (tertiary/aromatic N) is 1. The van der Waals surface area contributed by atoms with Crippen molar-refractivity contribution in [1.29, 1.82) is 0 Å². The second-order valence-corrected chi connectivity index (χ2v) is 3.51. The monoisotopic (exact) mass is 187 g/mol. The zero-order chi connectivity index (χ0) is 9.84. The van der Waals surface area contributed by atoms with E-state index in [1.165, 1.54) is 0 Å². The summed E-state index contributed by atoms with van der Waals surface area (Å²) in [6.45, 7) is 2.80. The Morgan fingerprint density at radius 1 is 1.46 bits per heavy atom. The Morgan fingerprint density at radius 3 is 2.69 bits per heavy atom. The number of hydrogen-bond donors (Lipinski definition) is 2. The third-order valence-corrected chi connectivity index (χ3v) is 2.36. The van der Waals surface area contributed by atoms with Gasteiger partial charge in [-0.1, -0.05) is 6.92 Å². The Hall–Kier alpha value is -0.610. The molecule has 76 valence electrons. The second kappa shape index (κ2) is 4.58. The summed E-state index contributed by atoms with van der Waals surface area (Å²) in [7, 11) is 0. The summed E-state index contributed by atoms with van der Waals surface area (Å²) in [6, 6.07) is 0. The van der Waals surface area contributed by atoms with Gasteiger partial charge in [0, 0.05) is 19.5 Å². The summed E-state index contributed by atoms with van der Waals surface area (Å²) < 4.78 is 0. The van der Waals surface area contributed by atoms with Crippen LogP contribution in [-0.2, 0) is 4.79 Å². The lowest BCUT2D eigenvalue weighted by molar-refractivity contribution is -0.137. The maximum Gasteiger partial charge on any atom is 0.222 e. The Bertz CT molecular complexity index is 184. The van der Waals surface area contributed by atoms with Gasteiger partial charge in [-0.15, -0.1) is 0 Å². The maximum absolute atomic E-state index is 11.4. The van der Waals surface area contributed by atoms with E-state index >= 15 is 0 Å². The van der Waals surface area contributed by atoms with Crippen LogP contribution in [0.25, 0.3) is 0 Å². The highest BCUT2D eigenvalue weighted by atomic mass is 16.3. The quantitative estimate of drug-likeness (QED) is 0.626. The highest BCUT2D eigenvalue weighted by molar-refractivity contribution is 5.76. The van der Waals surface area contributed by atoms with Crippen molar-refractivity contribution in [2.75, 3.05) is 13.1 Å². The minimum Gasteiger partial charge on any atom is -0.390 e. The number of aliphatic hydroxyl groups excluding tert-OH is 2. The van der Waals surface area contributed by atoms with E-state index in [0.717, 1.165) is 6.42 Å². The van der Waals surface area contributed by atoms with Crippen LogP contribution < -0.4 is 0 Å². The van der Waals surface area contributed by atoms with Crippen molar-refractivity contribution < 1.29 is 15.0 Å². The lowest BCUT2D eigenvalue weighted by Gasteiger charge is -2.33. The van der Waals surface area contributed by atoms with E-state index < -0.39 is 12.2 Å². The third-order valence-electron chi connectivity index (χ3n) is 2.36. The summed E-state index contributed by atoms with van der Waals surface area (Å²) in [5.74, 6) is 0.0773. The van der Waals surface area contributed by atoms with Crippen LogP contribution in [0.1, 0.15) is 26.2 Å². The van der Waals surface area contributed by atoms with E-state index in [9.17, 15) is 15.0 Å². The molecule has 1 fully saturated rings. The standard InChI is InChI=1S/C9H17NO3/c1-2-3-9(13)10-5-4-7(11)8(12)6-10/h7-8,11-12H,2-6H2,1H3. The summed E-state index contributed by atoms with van der Waals surface area (Å²) in [4.78, 5) is 13.0. The summed E-state index contributed by atoms with van der Waals surface area (Å²) in [5.41, 5.74) is 0. The molecular formula is C9H17NO3. The van der Waals surface area contributed by atoms with E-state index in [4.69, 9.17) is 0 Å². The lowest BCUT2D eigenvalue weighted by Crippen LogP contribution is -2.48. The molecule has 1 amide bonds. The molecule has 2 N–H and O–H groups in total. The van der Waals surface area contributed by atoms with Crippen molar-refractivity contribution in [3.05, 3.63) is 0 Å². The van der Waals surface area contributed by atoms with Gasteiger partial charge in [0.25, 0.3) is 0 Å². The lowest BCUT2D eigenvalue weighted by atomic mass is 10.0. The van der Waals surface area contributed by atoms with Crippen molar-refractivity contribution >= 4 is 5.91 Å². The Labute approximate surface area is 78.2 Å². The molecule has 0 bridgehead atoms. The van der Waals surface area contributed by atoms with E-state index in [2.05, 4.69) is 0 Å². The molecule has 1 saturated heterocycles. The highest BCUT2D eigenvalue weighted by Gasteiger charge is 2.27. The van der Waals surface area contributed by atoms with E-state index in [1.807, 2.05) is 6.92 Å². The number of hydrogen-bond acceptors (Lipinski definition) is 3. The van der Waals surface area contributed by atoms with Gasteiger partial charge in [-0.25, -0.2) is 0 Å². The SMILES string of the molecule is CCCC(=O)N1CCC(O)C(O)C1. The number of β-amino-alcohol motifs (C(OH)–C–C–N with tert-alkyl or cyclic N) is 1. The normalized spacial score (nSPS) is 29.0. The number of likely N-dealkylation sites (tertiary alicyclic amines) is 1. The number of carbonyl (C=O) groups is 1. The average Bonchev–Trinajstić information content (AvgIpc) is 2.10. The first-order valence-corrected chi connectivity index (χ1v) is 4.79. The Morgan fingerprint density at radius 2 is 2.15 bits per heavy atom. The number of aliphatic hydroxyl groups is 2. The van der Waals surface area contributed by atoms with Gasteiger partial charge in [0.1, 0.15) is 0 Å². The molecule has 0 aromatic rings. The molecule has 0 aromatic heterocycles. The summed E-state index contributed by atoms with van der Waals surface area (Å²) in [6.07, 6.45) is 0.410. The molecule has 2 unspecified atom stereocenters. The van der Waals surface area contributed by atoms with Gasteiger partial charge >= 0.3 is 0 Å². The minimum atomic E-state index is -0.769. The summed E-state index contributed by atoms with van der Waals surface area (Å²) in [5, 5.41) is 18.5. The van der Waals surface area contributed by atoms with Crippen molar-refractivity contribution in [3.63, 3.8) is 0 Å². The third kappa shape index (κ3) is 2.67. The molecule has 0 aliphatic carbocycles. The molecule has 0 saturated carbocycles. The fraction of sp³-hybridized carbons (Fsp3) is 0.889. The van der Waals surface area contributed by atoms with E-state index in [0.29, 0.717) is 19.4 Å². The van der Waals surface area contributed by atoms with Crippen LogP contribution in [0, 0.1) is 0 Å². The predicted molar refractivity (Wildman–Crippen MR) is 48.1 cm³/mol. The number of carbonyl (C=O) groups excluding carboxylic acids is 1. The molecule has 1 aliphatic heterocycles. The van der Waals surface area contributed by atoms with Gasteiger partial charge in [0.15, 0.2) is 0 Å². The topological polar surface area (TPSA) is 60.8 Å². The first-order valence-electron chi connectivity index (χ1n) is 4.79. The molecule has 1 rings (SSSR count). The Balaban J connectivity index is 2.40. The summed E-state index contributed by atoms with van der Waals surface area (Å²) >= 11 is 0. The van der Waals surface area contributed by atoms with Crippen LogP contribution in [0.5, 0.6) is 0 Å². The van der Waals surface area contributed by atoms with E-state index in [-0.39, 0.29) is 12.5 Å². The number of rotatable bonds is 2. The zero-order valence-corrected chi connectivity index (χ0v) is 7.94. The molecule has 0 aromatic carbocycles. The molecule has 4 nitrogen and oxygen atoms in total. The van der Waals surface area contributed by atoms with Gasteiger partial charge in [0.2, 0.25) is 5.91 Å². The number of amides is 1. The largest absolute Gasteiger partial charge is 0.390 e. The van der Waals surface area contributed by atoms with Crippen molar-refractivity contribution in [2.24, 2.45) is 0 Å². The van der Waals surface area contributed by atoms with Crippen molar-refractivity contribution in [2.45, 2.75) is 38.4 Å². The van der Waals surface area contributed by atoms with Crippen LogP contribution >= 0.6 is 0 Å². The second-order valence-electron chi connectivity index (χ2n) is 3.51. The average molecular weight is 187 g/mol. The minimum absolute atomic E-state index is 0.0773. The fourth-order valence-corrected chi connectivity index (χ4v) is 1.52. The molecular weight excluding hydrogens is 170 g/mol.